The minimum Gasteiger partial charge on any atom is -0.379 e. The van der Waals surface area contributed by atoms with E-state index < -0.39 is 0 Å². The summed E-state index contributed by atoms with van der Waals surface area (Å²) in [7, 11) is 0. The Morgan fingerprint density at radius 2 is 1.88 bits per heavy atom. The maximum absolute atomic E-state index is 5.39. The van der Waals surface area contributed by atoms with Crippen LogP contribution in [0.3, 0.4) is 0 Å². The first kappa shape index (κ1) is 22.2. The molecule has 25 heavy (non-hydrogen) atoms. The summed E-state index contributed by atoms with van der Waals surface area (Å²) in [5.41, 5.74) is 0. The third kappa shape index (κ3) is 10.7. The molecule has 0 aromatic heterocycles. The van der Waals surface area contributed by atoms with Crippen molar-refractivity contribution in [3.8, 4) is 0 Å². The number of ether oxygens (including phenoxy) is 1. The van der Waals surface area contributed by atoms with E-state index in [1.54, 1.807) is 0 Å². The van der Waals surface area contributed by atoms with Gasteiger partial charge in [0.05, 0.1) is 13.2 Å². The Morgan fingerprint density at radius 1 is 1.16 bits per heavy atom. The molecule has 0 aromatic carbocycles. The molecule has 1 fully saturated rings. The van der Waals surface area contributed by atoms with Gasteiger partial charge in [0.2, 0.25) is 0 Å². The van der Waals surface area contributed by atoms with Gasteiger partial charge in [-0.2, -0.15) is 0 Å². The lowest BCUT2D eigenvalue weighted by Crippen LogP contribution is -2.42. The molecule has 0 saturated carbocycles. The number of morpholine rings is 1. The minimum absolute atomic E-state index is 0.451. The van der Waals surface area contributed by atoms with Crippen LogP contribution in [-0.2, 0) is 4.74 Å². The largest absolute Gasteiger partial charge is 0.379 e. The van der Waals surface area contributed by atoms with Gasteiger partial charge in [-0.1, -0.05) is 13.8 Å². The molecule has 0 radical (unpaired) electrons. The zero-order valence-corrected chi connectivity index (χ0v) is 17.0. The predicted octanol–water partition coefficient (Wildman–Crippen LogP) is 1.77. The third-order valence-electron chi connectivity index (χ3n) is 4.74. The van der Waals surface area contributed by atoms with Gasteiger partial charge in [-0.15, -0.1) is 0 Å². The van der Waals surface area contributed by atoms with Gasteiger partial charge in [0.1, 0.15) is 0 Å². The van der Waals surface area contributed by atoms with Gasteiger partial charge >= 0.3 is 0 Å². The van der Waals surface area contributed by atoms with Crippen LogP contribution in [0.5, 0.6) is 0 Å². The molecule has 0 bridgehead atoms. The van der Waals surface area contributed by atoms with Crippen LogP contribution in [0.2, 0.25) is 0 Å². The molecule has 0 amide bonds. The average molecular weight is 356 g/mol. The normalized spacial score (nSPS) is 17.7. The summed E-state index contributed by atoms with van der Waals surface area (Å²) < 4.78 is 5.39. The van der Waals surface area contributed by atoms with E-state index in [2.05, 4.69) is 48.1 Å². The van der Waals surface area contributed by atoms with Crippen LogP contribution in [0.1, 0.15) is 47.0 Å². The smallest absolute Gasteiger partial charge is 0.191 e. The molecular weight excluding hydrogens is 314 g/mol. The molecule has 0 aromatic rings. The van der Waals surface area contributed by atoms with E-state index >= 15 is 0 Å². The van der Waals surface area contributed by atoms with E-state index in [0.29, 0.717) is 6.04 Å². The minimum atomic E-state index is 0.451. The zero-order valence-electron chi connectivity index (χ0n) is 17.0. The fourth-order valence-corrected chi connectivity index (χ4v) is 3.10. The summed E-state index contributed by atoms with van der Waals surface area (Å²) in [6.07, 6.45) is 3.51. The Labute approximate surface area is 155 Å². The Balaban J connectivity index is 2.23. The molecule has 1 saturated heterocycles. The second-order valence-corrected chi connectivity index (χ2v) is 6.78. The van der Waals surface area contributed by atoms with E-state index in [4.69, 9.17) is 9.73 Å². The van der Waals surface area contributed by atoms with E-state index in [1.165, 1.54) is 19.4 Å². The number of hydrogen-bond donors (Lipinski definition) is 2. The summed E-state index contributed by atoms with van der Waals surface area (Å²) in [5.74, 6) is 0.958. The van der Waals surface area contributed by atoms with Crippen molar-refractivity contribution >= 4 is 5.96 Å². The van der Waals surface area contributed by atoms with Crippen LogP contribution >= 0.6 is 0 Å². The third-order valence-corrected chi connectivity index (χ3v) is 4.74. The molecule has 0 spiro atoms. The highest BCUT2D eigenvalue weighted by Crippen LogP contribution is 2.00. The van der Waals surface area contributed by atoms with E-state index in [0.717, 1.165) is 71.4 Å². The molecule has 1 heterocycles. The standard InChI is InChI=1S/C19H41N5O/c1-5-20-19(21-11-9-13-24-14-16-25-17-15-24)22-18(4)10-8-12-23(6-2)7-3/h18H,5-17H2,1-4H3,(H2,20,21,22). The van der Waals surface area contributed by atoms with E-state index in [1.807, 2.05) is 0 Å². The first-order valence-electron chi connectivity index (χ1n) is 10.3. The molecule has 1 aliphatic heterocycles. The number of guanidine groups is 1. The van der Waals surface area contributed by atoms with Crippen molar-refractivity contribution < 1.29 is 4.74 Å². The van der Waals surface area contributed by atoms with E-state index in [-0.39, 0.29) is 0 Å². The average Bonchev–Trinajstić information content (AvgIpc) is 2.63. The molecule has 1 aliphatic rings. The second kappa shape index (κ2) is 14.3. The Morgan fingerprint density at radius 3 is 2.52 bits per heavy atom. The van der Waals surface area contributed by atoms with Crippen LogP contribution in [0.25, 0.3) is 0 Å². The van der Waals surface area contributed by atoms with Crippen LogP contribution in [0.4, 0.5) is 0 Å². The Bertz CT molecular complexity index is 341. The number of nitrogens with zero attached hydrogens (tertiary/aromatic N) is 3. The van der Waals surface area contributed by atoms with Gasteiger partial charge in [-0.05, 0) is 52.7 Å². The summed E-state index contributed by atoms with van der Waals surface area (Å²) >= 11 is 0. The number of aliphatic imine (C=N–C) groups is 1. The maximum Gasteiger partial charge on any atom is 0.191 e. The van der Waals surface area contributed by atoms with Crippen molar-refractivity contribution in [2.45, 2.75) is 53.0 Å². The molecule has 1 unspecified atom stereocenters. The van der Waals surface area contributed by atoms with Crippen molar-refractivity contribution in [1.82, 2.24) is 20.4 Å². The summed E-state index contributed by atoms with van der Waals surface area (Å²) in [4.78, 5) is 9.69. The Kier molecular flexibility index (Phi) is 12.7. The molecule has 0 aliphatic carbocycles. The predicted molar refractivity (Wildman–Crippen MR) is 107 cm³/mol. The lowest BCUT2D eigenvalue weighted by atomic mass is 10.2. The zero-order chi connectivity index (χ0) is 18.3. The highest BCUT2D eigenvalue weighted by molar-refractivity contribution is 5.80. The molecule has 2 N–H and O–H groups in total. The van der Waals surface area contributed by atoms with Crippen molar-refractivity contribution in [2.75, 3.05) is 65.6 Å². The molecular formula is C19H41N5O. The molecule has 6 heteroatoms. The fraction of sp³-hybridized carbons (Fsp3) is 0.947. The van der Waals surface area contributed by atoms with Crippen molar-refractivity contribution in [2.24, 2.45) is 4.99 Å². The molecule has 1 atom stereocenters. The van der Waals surface area contributed by atoms with Gasteiger partial charge in [0.15, 0.2) is 5.96 Å². The topological polar surface area (TPSA) is 52.1 Å². The molecule has 1 rings (SSSR count). The number of hydrogen-bond acceptors (Lipinski definition) is 4. The monoisotopic (exact) mass is 355 g/mol. The van der Waals surface area contributed by atoms with Crippen molar-refractivity contribution in [1.29, 1.82) is 0 Å². The fourth-order valence-electron chi connectivity index (χ4n) is 3.10. The van der Waals surface area contributed by atoms with Crippen LogP contribution in [0, 0.1) is 0 Å². The van der Waals surface area contributed by atoms with Crippen LogP contribution in [-0.4, -0.2) is 87.4 Å². The van der Waals surface area contributed by atoms with Crippen molar-refractivity contribution in [3.63, 3.8) is 0 Å². The van der Waals surface area contributed by atoms with Crippen LogP contribution in [0.15, 0.2) is 4.99 Å². The van der Waals surface area contributed by atoms with Gasteiger partial charge in [-0.25, -0.2) is 0 Å². The number of nitrogens with one attached hydrogen (secondary N) is 2. The highest BCUT2D eigenvalue weighted by atomic mass is 16.5. The molecule has 148 valence electrons. The first-order valence-corrected chi connectivity index (χ1v) is 10.3. The molecule has 6 nitrogen and oxygen atoms in total. The number of rotatable bonds is 12. The van der Waals surface area contributed by atoms with Gasteiger partial charge < -0.3 is 20.3 Å². The van der Waals surface area contributed by atoms with Crippen LogP contribution < -0.4 is 10.6 Å². The maximum atomic E-state index is 5.39. The lowest BCUT2D eigenvalue weighted by molar-refractivity contribution is 0.0377. The van der Waals surface area contributed by atoms with Gasteiger partial charge in [0.25, 0.3) is 0 Å². The second-order valence-electron chi connectivity index (χ2n) is 6.78. The SMILES string of the molecule is CCNC(=NCCCN1CCOCC1)NC(C)CCCN(CC)CC. The Hall–Kier alpha value is -0.850. The summed E-state index contributed by atoms with van der Waals surface area (Å²) in [5, 5.41) is 6.92. The summed E-state index contributed by atoms with van der Waals surface area (Å²) in [6.45, 7) is 19.1. The van der Waals surface area contributed by atoms with E-state index in [9.17, 15) is 0 Å². The highest BCUT2D eigenvalue weighted by Gasteiger charge is 2.09. The van der Waals surface area contributed by atoms with Gasteiger partial charge in [0, 0.05) is 38.8 Å². The summed E-state index contributed by atoms with van der Waals surface area (Å²) in [6, 6.07) is 0.451. The lowest BCUT2D eigenvalue weighted by Gasteiger charge is -2.26. The van der Waals surface area contributed by atoms with Crippen molar-refractivity contribution in [3.05, 3.63) is 0 Å². The first-order chi connectivity index (χ1) is 12.2. The quantitative estimate of drug-likeness (QED) is 0.317. The van der Waals surface area contributed by atoms with Gasteiger partial charge in [-0.3, -0.25) is 9.89 Å².